The molecule has 0 spiro atoms. The highest BCUT2D eigenvalue weighted by Crippen LogP contribution is 2.14. The predicted molar refractivity (Wildman–Crippen MR) is 81.8 cm³/mol. The Morgan fingerprint density at radius 2 is 1.86 bits per heavy atom. The Balaban J connectivity index is 2.98. The molecule has 0 saturated carbocycles. The lowest BCUT2D eigenvalue weighted by Gasteiger charge is -2.20. The molecule has 0 atom stereocenters. The van der Waals surface area contributed by atoms with Crippen LogP contribution in [-0.4, -0.2) is 41.9 Å². The van der Waals surface area contributed by atoms with Gasteiger partial charge >= 0.3 is 19.2 Å². The van der Waals surface area contributed by atoms with E-state index >= 15 is 0 Å². The minimum Gasteiger partial charge on any atom is -0.469 e. The van der Waals surface area contributed by atoms with Crippen LogP contribution in [0.25, 0.3) is 0 Å². The molecule has 0 radical (unpaired) electrons. The topological polar surface area (TPSA) is 105 Å². The van der Waals surface area contributed by atoms with Gasteiger partial charge in [-0.15, -0.1) is 0 Å². The molecular weight excluding hydrogens is 289 g/mol. The van der Waals surface area contributed by atoms with Crippen LogP contribution in [0.4, 0.5) is 10.5 Å². The molecule has 8 heteroatoms. The molecule has 1 amide bonds. The van der Waals surface area contributed by atoms with Crippen LogP contribution in [0.3, 0.4) is 0 Å². The van der Waals surface area contributed by atoms with Gasteiger partial charge in [0.15, 0.2) is 0 Å². The van der Waals surface area contributed by atoms with E-state index in [0.29, 0.717) is 11.3 Å². The summed E-state index contributed by atoms with van der Waals surface area (Å²) in [6, 6.07) is 4.37. The predicted octanol–water partition coefficient (Wildman–Crippen LogP) is 0.429. The number of benzene rings is 1. The second kappa shape index (κ2) is 7.28. The lowest BCUT2D eigenvalue weighted by molar-refractivity contribution is -0.139. The smallest absolute Gasteiger partial charge is 0.469 e. The quantitative estimate of drug-likeness (QED) is 0.550. The lowest BCUT2D eigenvalue weighted by atomic mass is 9.79. The van der Waals surface area contributed by atoms with Gasteiger partial charge in [-0.2, -0.15) is 0 Å². The number of nitrogens with one attached hydrogen (secondary N) is 1. The number of hydrogen-bond acceptors (Lipinski definition) is 6. The molecule has 1 aromatic rings. The van der Waals surface area contributed by atoms with Crippen LogP contribution in [0.2, 0.25) is 0 Å². The van der Waals surface area contributed by atoms with Crippen molar-refractivity contribution < 1.29 is 29.1 Å². The summed E-state index contributed by atoms with van der Waals surface area (Å²) in [5, 5.41) is 21.0. The average Bonchev–Trinajstić information content (AvgIpc) is 2.35. The van der Waals surface area contributed by atoms with Crippen LogP contribution in [0, 0.1) is 0 Å². The minimum absolute atomic E-state index is 0.0555. The van der Waals surface area contributed by atoms with E-state index in [1.807, 2.05) is 0 Å². The highest BCUT2D eigenvalue weighted by molar-refractivity contribution is 6.58. The van der Waals surface area contributed by atoms with Crippen LogP contribution in [-0.2, 0) is 20.7 Å². The normalized spacial score (nSPS) is 10.8. The minimum atomic E-state index is -1.73. The van der Waals surface area contributed by atoms with E-state index in [0.717, 1.165) is 0 Å². The van der Waals surface area contributed by atoms with Gasteiger partial charge in [0.1, 0.15) is 5.60 Å². The summed E-state index contributed by atoms with van der Waals surface area (Å²) in [6.45, 7) is 5.18. The maximum absolute atomic E-state index is 11.7. The van der Waals surface area contributed by atoms with Crippen molar-refractivity contribution in [3.05, 3.63) is 23.8 Å². The third-order valence-corrected chi connectivity index (χ3v) is 2.53. The van der Waals surface area contributed by atoms with Crippen molar-refractivity contribution in [2.45, 2.75) is 32.8 Å². The zero-order valence-corrected chi connectivity index (χ0v) is 13.0. The maximum Gasteiger partial charge on any atom is 0.488 e. The van der Waals surface area contributed by atoms with Crippen molar-refractivity contribution in [3.8, 4) is 0 Å². The first-order valence-electron chi connectivity index (χ1n) is 6.67. The van der Waals surface area contributed by atoms with Gasteiger partial charge in [-0.05, 0) is 43.9 Å². The average molecular weight is 309 g/mol. The van der Waals surface area contributed by atoms with E-state index in [2.05, 4.69) is 10.1 Å². The highest BCUT2D eigenvalue weighted by atomic mass is 16.6. The zero-order valence-electron chi connectivity index (χ0n) is 13.0. The van der Waals surface area contributed by atoms with Crippen LogP contribution < -0.4 is 10.8 Å². The summed E-state index contributed by atoms with van der Waals surface area (Å²) < 4.78 is 9.68. The third kappa shape index (κ3) is 6.15. The number of carbonyl (C=O) groups excluding carboxylic acids is 2. The number of hydrogen-bond donors (Lipinski definition) is 3. The summed E-state index contributed by atoms with van der Waals surface area (Å²) in [4.78, 5) is 23.1. The fraction of sp³-hybridized carbons (Fsp3) is 0.429. The summed E-state index contributed by atoms with van der Waals surface area (Å²) in [5.41, 5.74) is 0.252. The van der Waals surface area contributed by atoms with Gasteiger partial charge in [-0.1, -0.05) is 6.07 Å². The molecule has 3 N–H and O–H groups in total. The summed E-state index contributed by atoms with van der Waals surface area (Å²) in [5.74, 6) is -0.479. The molecule has 22 heavy (non-hydrogen) atoms. The van der Waals surface area contributed by atoms with Crippen LogP contribution in [0.5, 0.6) is 0 Å². The van der Waals surface area contributed by atoms with Crippen molar-refractivity contribution in [3.63, 3.8) is 0 Å². The number of methoxy groups -OCH3 is 1. The molecule has 1 rings (SSSR count). The molecular formula is C14H20BNO6. The van der Waals surface area contributed by atoms with E-state index in [-0.39, 0.29) is 11.9 Å². The van der Waals surface area contributed by atoms with Crippen molar-refractivity contribution >= 4 is 30.3 Å². The Morgan fingerprint density at radius 3 is 2.36 bits per heavy atom. The fourth-order valence-corrected chi connectivity index (χ4v) is 1.70. The maximum atomic E-state index is 11.7. The molecule has 1 aromatic carbocycles. The molecule has 0 aliphatic heterocycles. The largest absolute Gasteiger partial charge is 0.488 e. The van der Waals surface area contributed by atoms with E-state index < -0.39 is 24.8 Å². The van der Waals surface area contributed by atoms with Gasteiger partial charge in [0.2, 0.25) is 0 Å². The van der Waals surface area contributed by atoms with Gasteiger partial charge in [0, 0.05) is 5.69 Å². The van der Waals surface area contributed by atoms with E-state index in [1.165, 1.54) is 25.3 Å². The number of esters is 1. The molecule has 7 nitrogen and oxygen atoms in total. The molecule has 0 bridgehead atoms. The second-order valence-corrected chi connectivity index (χ2v) is 5.72. The Kier molecular flexibility index (Phi) is 5.96. The molecule has 0 unspecified atom stereocenters. The Hall–Kier alpha value is -2.06. The van der Waals surface area contributed by atoms with Gasteiger partial charge in [-0.25, -0.2) is 4.79 Å². The zero-order chi connectivity index (χ0) is 16.9. The fourth-order valence-electron chi connectivity index (χ4n) is 1.70. The second-order valence-electron chi connectivity index (χ2n) is 5.72. The van der Waals surface area contributed by atoms with Crippen molar-refractivity contribution in [2.24, 2.45) is 0 Å². The van der Waals surface area contributed by atoms with Gasteiger partial charge < -0.3 is 19.5 Å². The van der Waals surface area contributed by atoms with E-state index in [9.17, 15) is 19.6 Å². The van der Waals surface area contributed by atoms with Crippen LogP contribution in [0.15, 0.2) is 18.2 Å². The molecule has 0 aromatic heterocycles. The molecule has 120 valence electrons. The molecule has 0 fully saturated rings. The molecule has 0 aliphatic carbocycles. The highest BCUT2D eigenvalue weighted by Gasteiger charge is 2.19. The van der Waals surface area contributed by atoms with Crippen molar-refractivity contribution in [2.75, 3.05) is 12.4 Å². The number of ether oxygens (including phenoxy) is 2. The standard InChI is InChI=1S/C14H20BNO6/c1-14(2,3)22-13(18)16-11-6-9(7-12(17)21-4)5-10(8-11)15(19)20/h5-6,8,19-20H,7H2,1-4H3,(H,16,18). The van der Waals surface area contributed by atoms with Crippen molar-refractivity contribution in [1.82, 2.24) is 0 Å². The first-order valence-corrected chi connectivity index (χ1v) is 6.67. The van der Waals surface area contributed by atoms with E-state index in [4.69, 9.17) is 4.74 Å². The third-order valence-electron chi connectivity index (χ3n) is 2.53. The number of rotatable bonds is 4. The van der Waals surface area contributed by atoms with Crippen LogP contribution >= 0.6 is 0 Å². The molecule has 0 saturated heterocycles. The Labute approximate surface area is 129 Å². The summed E-state index contributed by atoms with van der Waals surface area (Å²) in [7, 11) is -0.468. The first kappa shape index (κ1) is 18.0. The summed E-state index contributed by atoms with van der Waals surface area (Å²) >= 11 is 0. The Bertz CT molecular complexity index is 553. The van der Waals surface area contributed by atoms with Crippen molar-refractivity contribution in [1.29, 1.82) is 0 Å². The first-order chi connectivity index (χ1) is 10.1. The SMILES string of the molecule is COC(=O)Cc1cc(NC(=O)OC(C)(C)C)cc(B(O)O)c1. The lowest BCUT2D eigenvalue weighted by Crippen LogP contribution is -2.32. The van der Waals surface area contributed by atoms with E-state index in [1.54, 1.807) is 20.8 Å². The van der Waals surface area contributed by atoms with Gasteiger partial charge in [-0.3, -0.25) is 10.1 Å². The molecule has 0 heterocycles. The van der Waals surface area contributed by atoms with Crippen LogP contribution in [0.1, 0.15) is 26.3 Å². The van der Waals surface area contributed by atoms with Gasteiger partial charge in [0.25, 0.3) is 0 Å². The number of carbonyl (C=O) groups is 2. The number of amides is 1. The molecule has 0 aliphatic rings. The Morgan fingerprint density at radius 1 is 1.23 bits per heavy atom. The monoisotopic (exact) mass is 309 g/mol. The summed E-state index contributed by atoms with van der Waals surface area (Å²) in [6.07, 6.45) is -0.735. The number of anilines is 1. The van der Waals surface area contributed by atoms with Gasteiger partial charge in [0.05, 0.1) is 13.5 Å².